The lowest BCUT2D eigenvalue weighted by atomic mass is 9.90. The first-order valence-corrected chi connectivity index (χ1v) is 6.18. The predicted octanol–water partition coefficient (Wildman–Crippen LogP) is 1.10. The van der Waals surface area contributed by atoms with Gasteiger partial charge in [0.1, 0.15) is 22.8 Å². The highest BCUT2D eigenvalue weighted by Gasteiger charge is 2.51. The van der Waals surface area contributed by atoms with Crippen molar-refractivity contribution in [1.29, 1.82) is 0 Å². The smallest absolute Gasteiger partial charge is 0.271 e. The van der Waals surface area contributed by atoms with Crippen molar-refractivity contribution in [2.24, 2.45) is 0 Å². The second-order valence-electron chi connectivity index (χ2n) is 4.80. The standard InChI is InChI=1S/C15H12O6/c16-9-6-10(17)12-11(7-9)21-14(15(19,20)13(12)18)8-4-2-1-3-5-8/h1-7,14,16-17,19-20H. The number of hydrogen-bond acceptors (Lipinski definition) is 6. The molecule has 21 heavy (non-hydrogen) atoms. The first-order chi connectivity index (χ1) is 9.91. The van der Waals surface area contributed by atoms with Crippen LogP contribution in [0.25, 0.3) is 0 Å². The maximum Gasteiger partial charge on any atom is 0.271 e. The Labute approximate surface area is 119 Å². The van der Waals surface area contributed by atoms with E-state index in [2.05, 4.69) is 0 Å². The molecule has 0 fully saturated rings. The molecule has 1 aliphatic rings. The number of phenolic OH excluding ortho intramolecular Hbond substituents is 2. The Bertz CT molecular complexity index is 708. The van der Waals surface area contributed by atoms with Crippen LogP contribution >= 0.6 is 0 Å². The van der Waals surface area contributed by atoms with Crippen molar-refractivity contribution in [3.8, 4) is 17.2 Å². The van der Waals surface area contributed by atoms with Crippen LogP contribution < -0.4 is 4.74 Å². The summed E-state index contributed by atoms with van der Waals surface area (Å²) in [5.41, 5.74) is 0.00862. The number of fused-ring (bicyclic) bond motifs is 1. The Morgan fingerprint density at radius 2 is 1.71 bits per heavy atom. The first kappa shape index (κ1) is 13.4. The van der Waals surface area contributed by atoms with E-state index in [4.69, 9.17) is 4.74 Å². The van der Waals surface area contributed by atoms with Gasteiger partial charge in [0.25, 0.3) is 5.79 Å². The Hall–Kier alpha value is -2.57. The van der Waals surface area contributed by atoms with Crippen molar-refractivity contribution in [3.63, 3.8) is 0 Å². The van der Waals surface area contributed by atoms with E-state index in [1.165, 1.54) is 0 Å². The molecule has 0 saturated heterocycles. The number of ketones is 1. The minimum absolute atomic E-state index is 0.106. The van der Waals surface area contributed by atoms with E-state index in [0.29, 0.717) is 5.56 Å². The van der Waals surface area contributed by atoms with Crippen LogP contribution in [0.1, 0.15) is 22.0 Å². The maximum atomic E-state index is 12.2. The largest absolute Gasteiger partial charge is 0.508 e. The van der Waals surface area contributed by atoms with Gasteiger partial charge in [0, 0.05) is 12.1 Å². The number of hydrogen-bond donors (Lipinski definition) is 4. The molecule has 108 valence electrons. The molecule has 0 aliphatic carbocycles. The molecule has 0 saturated carbocycles. The van der Waals surface area contributed by atoms with Gasteiger partial charge in [0.05, 0.1) is 0 Å². The van der Waals surface area contributed by atoms with Crippen LogP contribution in [-0.2, 0) is 0 Å². The molecule has 1 heterocycles. The van der Waals surface area contributed by atoms with Crippen LogP contribution in [0.15, 0.2) is 42.5 Å². The number of Topliss-reactive ketones (excluding diaryl/α,β-unsaturated/α-hetero) is 1. The number of aliphatic hydroxyl groups is 2. The highest BCUT2D eigenvalue weighted by Crippen LogP contribution is 2.44. The summed E-state index contributed by atoms with van der Waals surface area (Å²) < 4.78 is 5.42. The number of benzene rings is 2. The topological polar surface area (TPSA) is 107 Å². The van der Waals surface area contributed by atoms with Gasteiger partial charge >= 0.3 is 0 Å². The van der Waals surface area contributed by atoms with E-state index >= 15 is 0 Å². The van der Waals surface area contributed by atoms with Gasteiger partial charge in [-0.15, -0.1) is 0 Å². The van der Waals surface area contributed by atoms with Gasteiger partial charge in [0.2, 0.25) is 5.78 Å². The molecule has 1 unspecified atom stereocenters. The van der Waals surface area contributed by atoms with Crippen molar-refractivity contribution in [2.45, 2.75) is 11.9 Å². The lowest BCUT2D eigenvalue weighted by Crippen LogP contribution is -2.49. The molecule has 0 amide bonds. The van der Waals surface area contributed by atoms with E-state index in [1.54, 1.807) is 30.3 Å². The molecule has 6 heteroatoms. The molecule has 0 bridgehead atoms. The average Bonchev–Trinajstić information content (AvgIpc) is 2.43. The van der Waals surface area contributed by atoms with Gasteiger partial charge in [0.15, 0.2) is 6.10 Å². The molecule has 0 aromatic heterocycles. The van der Waals surface area contributed by atoms with Crippen LogP contribution in [0.2, 0.25) is 0 Å². The Balaban J connectivity index is 2.17. The van der Waals surface area contributed by atoms with E-state index in [9.17, 15) is 25.2 Å². The van der Waals surface area contributed by atoms with Crippen molar-refractivity contribution in [3.05, 3.63) is 53.6 Å². The highest BCUT2D eigenvalue weighted by atomic mass is 16.6. The van der Waals surface area contributed by atoms with E-state index in [1.807, 2.05) is 0 Å². The van der Waals surface area contributed by atoms with E-state index in [-0.39, 0.29) is 17.1 Å². The summed E-state index contributed by atoms with van der Waals surface area (Å²) in [5.74, 6) is -4.88. The summed E-state index contributed by atoms with van der Waals surface area (Å²) in [7, 11) is 0. The van der Waals surface area contributed by atoms with Crippen molar-refractivity contribution in [1.82, 2.24) is 0 Å². The Kier molecular flexibility index (Phi) is 2.86. The number of aromatic hydroxyl groups is 2. The molecule has 1 aliphatic heterocycles. The number of carbonyl (C=O) groups is 1. The molecule has 6 nitrogen and oxygen atoms in total. The first-order valence-electron chi connectivity index (χ1n) is 6.18. The second kappa shape index (κ2) is 4.47. The fraction of sp³-hybridized carbons (Fsp3) is 0.133. The van der Waals surface area contributed by atoms with Gasteiger partial charge in [-0.05, 0) is 5.56 Å². The summed E-state index contributed by atoms with van der Waals surface area (Å²) in [6.07, 6.45) is -1.36. The Morgan fingerprint density at radius 3 is 2.38 bits per heavy atom. The summed E-state index contributed by atoms with van der Waals surface area (Å²) in [4.78, 5) is 12.2. The van der Waals surface area contributed by atoms with Crippen LogP contribution in [0.4, 0.5) is 0 Å². The van der Waals surface area contributed by atoms with Crippen molar-refractivity contribution < 1.29 is 30.0 Å². The fourth-order valence-electron chi connectivity index (χ4n) is 2.35. The highest BCUT2D eigenvalue weighted by molar-refractivity contribution is 6.07. The number of ether oxygens (including phenoxy) is 1. The molecule has 4 N–H and O–H groups in total. The number of carbonyl (C=O) groups excluding carboxylic acids is 1. The molecule has 1 atom stereocenters. The van der Waals surface area contributed by atoms with Gasteiger partial charge in [-0.25, -0.2) is 0 Å². The third kappa shape index (κ3) is 2.01. The van der Waals surface area contributed by atoms with Crippen molar-refractivity contribution >= 4 is 5.78 Å². The van der Waals surface area contributed by atoms with Crippen LogP contribution in [-0.4, -0.2) is 32.0 Å². The second-order valence-corrected chi connectivity index (χ2v) is 4.80. The summed E-state index contributed by atoms with van der Waals surface area (Å²) in [5, 5.41) is 39.4. The summed E-state index contributed by atoms with van der Waals surface area (Å²) in [6, 6.07) is 10.3. The van der Waals surface area contributed by atoms with Crippen LogP contribution in [0.5, 0.6) is 17.2 Å². The van der Waals surface area contributed by atoms with Crippen LogP contribution in [0.3, 0.4) is 0 Å². The Morgan fingerprint density at radius 1 is 1.05 bits per heavy atom. The minimum atomic E-state index is -2.82. The maximum absolute atomic E-state index is 12.2. The molecular formula is C15H12O6. The number of rotatable bonds is 1. The van der Waals surface area contributed by atoms with Gasteiger partial charge in [-0.2, -0.15) is 0 Å². The summed E-state index contributed by atoms with van der Waals surface area (Å²) >= 11 is 0. The third-order valence-corrected chi connectivity index (χ3v) is 3.34. The molecule has 0 radical (unpaired) electrons. The zero-order valence-corrected chi connectivity index (χ0v) is 10.7. The van der Waals surface area contributed by atoms with E-state index < -0.39 is 23.4 Å². The van der Waals surface area contributed by atoms with Gasteiger partial charge < -0.3 is 25.2 Å². The average molecular weight is 288 g/mol. The zero-order chi connectivity index (χ0) is 15.2. The monoisotopic (exact) mass is 288 g/mol. The SMILES string of the molecule is O=C1c2c(O)cc(O)cc2OC(c2ccccc2)C1(O)O. The lowest BCUT2D eigenvalue weighted by molar-refractivity contribution is -0.186. The third-order valence-electron chi connectivity index (χ3n) is 3.34. The van der Waals surface area contributed by atoms with Gasteiger partial charge in [-0.1, -0.05) is 30.3 Å². The fourth-order valence-corrected chi connectivity index (χ4v) is 2.35. The quantitative estimate of drug-likeness (QED) is 0.585. The van der Waals surface area contributed by atoms with Gasteiger partial charge in [-0.3, -0.25) is 4.79 Å². The normalized spacial score (nSPS) is 19.7. The predicted molar refractivity (Wildman–Crippen MR) is 71.1 cm³/mol. The number of phenols is 2. The van der Waals surface area contributed by atoms with Crippen molar-refractivity contribution in [2.75, 3.05) is 0 Å². The van der Waals surface area contributed by atoms with Crippen LogP contribution in [0, 0.1) is 0 Å². The molecule has 2 aromatic carbocycles. The summed E-state index contributed by atoms with van der Waals surface area (Å²) in [6.45, 7) is 0. The zero-order valence-electron chi connectivity index (χ0n) is 10.7. The molecular weight excluding hydrogens is 276 g/mol. The lowest BCUT2D eigenvalue weighted by Gasteiger charge is -2.35. The van der Waals surface area contributed by atoms with E-state index in [0.717, 1.165) is 12.1 Å². The minimum Gasteiger partial charge on any atom is -0.508 e. The molecule has 3 rings (SSSR count). The molecule has 2 aromatic rings. The molecule has 0 spiro atoms.